The molecule has 2 rings (SSSR count). The molecule has 0 aliphatic carbocycles. The molecule has 110 valence electrons. The van der Waals surface area contributed by atoms with Crippen molar-refractivity contribution in [1.82, 2.24) is 0 Å². The minimum atomic E-state index is 0.0255. The highest BCUT2D eigenvalue weighted by Crippen LogP contribution is 2.36. The van der Waals surface area contributed by atoms with Gasteiger partial charge in [-0.1, -0.05) is 0 Å². The number of methoxy groups -OCH3 is 1. The normalized spacial score (nSPS) is 10.2. The third-order valence-corrected chi connectivity index (χ3v) is 4.35. The molecule has 0 aliphatic heterocycles. The number of hydrogen-bond donors (Lipinski definition) is 1. The van der Waals surface area contributed by atoms with Crippen LogP contribution in [0.1, 0.15) is 5.56 Å². The van der Waals surface area contributed by atoms with Crippen LogP contribution < -0.4 is 9.47 Å². The van der Waals surface area contributed by atoms with Gasteiger partial charge in [-0.25, -0.2) is 0 Å². The van der Waals surface area contributed by atoms with Crippen LogP contribution in [0.15, 0.2) is 30.3 Å². The van der Waals surface area contributed by atoms with E-state index in [1.807, 2.05) is 12.1 Å². The van der Waals surface area contributed by atoms with Crippen LogP contribution >= 0.6 is 45.2 Å². The molecule has 0 heterocycles. The van der Waals surface area contributed by atoms with E-state index in [4.69, 9.17) is 9.47 Å². The lowest BCUT2D eigenvalue weighted by molar-refractivity contribution is -0.107. The van der Waals surface area contributed by atoms with E-state index in [-0.39, 0.29) is 5.75 Å². The number of carbonyl (C=O) groups excluding carboxylic acids is 1. The van der Waals surface area contributed by atoms with Crippen molar-refractivity contribution in [3.63, 3.8) is 0 Å². The Kier molecular flexibility index (Phi) is 5.68. The van der Waals surface area contributed by atoms with Crippen molar-refractivity contribution in [1.29, 1.82) is 0 Å². The number of rotatable bonds is 5. The Morgan fingerprint density at radius 2 is 1.86 bits per heavy atom. The van der Waals surface area contributed by atoms with Gasteiger partial charge in [0.15, 0.2) is 17.2 Å². The van der Waals surface area contributed by atoms with E-state index in [1.165, 1.54) is 13.2 Å². The zero-order valence-corrected chi connectivity index (χ0v) is 15.4. The lowest BCUT2D eigenvalue weighted by atomic mass is 10.2. The molecular weight excluding hydrogens is 498 g/mol. The first-order valence-electron chi connectivity index (χ1n) is 6.01. The zero-order chi connectivity index (χ0) is 15.4. The van der Waals surface area contributed by atoms with Crippen LogP contribution in [0.25, 0.3) is 0 Å². The highest BCUT2D eigenvalue weighted by Gasteiger charge is 2.11. The van der Waals surface area contributed by atoms with Gasteiger partial charge < -0.3 is 19.4 Å². The van der Waals surface area contributed by atoms with Crippen molar-refractivity contribution in [2.75, 3.05) is 7.11 Å². The summed E-state index contributed by atoms with van der Waals surface area (Å²) in [7, 11) is 1.49. The predicted octanol–water partition coefficient (Wildman–Crippen LogP) is 4.14. The molecule has 0 saturated heterocycles. The molecule has 6 heteroatoms. The fourth-order valence-corrected chi connectivity index (χ4v) is 3.89. The lowest BCUT2D eigenvalue weighted by Crippen LogP contribution is -1.95. The SMILES string of the molecule is COc1ccc(Oc2c(I)cc(CC=O)cc2I)cc1O. The lowest BCUT2D eigenvalue weighted by Gasteiger charge is -2.12. The Morgan fingerprint density at radius 3 is 2.38 bits per heavy atom. The number of ether oxygens (including phenoxy) is 2. The summed E-state index contributed by atoms with van der Waals surface area (Å²) in [5.74, 6) is 1.65. The Labute approximate surface area is 149 Å². The quantitative estimate of drug-likeness (QED) is 0.486. The van der Waals surface area contributed by atoms with E-state index in [1.54, 1.807) is 12.1 Å². The number of halogens is 2. The van der Waals surface area contributed by atoms with E-state index in [9.17, 15) is 9.90 Å². The standard InChI is InChI=1S/C15H12I2O4/c1-20-14-3-2-10(8-13(14)19)21-15-11(16)6-9(4-5-18)7-12(15)17/h2-3,5-8,19H,4H2,1H3. The fourth-order valence-electron chi connectivity index (χ4n) is 1.78. The number of aromatic hydroxyl groups is 1. The molecule has 0 bridgehead atoms. The number of phenols is 1. The maximum absolute atomic E-state index is 10.6. The first-order valence-corrected chi connectivity index (χ1v) is 8.17. The van der Waals surface area contributed by atoms with Crippen molar-refractivity contribution >= 4 is 51.5 Å². The summed E-state index contributed by atoms with van der Waals surface area (Å²) >= 11 is 4.34. The average Bonchev–Trinajstić information content (AvgIpc) is 2.43. The van der Waals surface area contributed by atoms with Gasteiger partial charge in [0.1, 0.15) is 12.0 Å². The maximum Gasteiger partial charge on any atom is 0.161 e. The van der Waals surface area contributed by atoms with Gasteiger partial charge in [-0.05, 0) is 75.0 Å². The molecule has 21 heavy (non-hydrogen) atoms. The second-order valence-corrected chi connectivity index (χ2v) is 6.52. The van der Waals surface area contributed by atoms with Crippen molar-refractivity contribution in [3.05, 3.63) is 43.0 Å². The minimum absolute atomic E-state index is 0.0255. The topological polar surface area (TPSA) is 55.8 Å². The zero-order valence-electron chi connectivity index (χ0n) is 11.1. The highest BCUT2D eigenvalue weighted by molar-refractivity contribution is 14.1. The summed E-state index contributed by atoms with van der Waals surface area (Å²) in [6.07, 6.45) is 1.26. The molecule has 0 radical (unpaired) electrons. The van der Waals surface area contributed by atoms with E-state index in [0.29, 0.717) is 23.7 Å². The number of hydrogen-bond acceptors (Lipinski definition) is 4. The van der Waals surface area contributed by atoms with Gasteiger partial charge in [0.05, 0.1) is 14.3 Å². The second kappa shape index (κ2) is 7.30. The van der Waals surface area contributed by atoms with Gasteiger partial charge >= 0.3 is 0 Å². The van der Waals surface area contributed by atoms with Crippen LogP contribution in [0.4, 0.5) is 0 Å². The summed E-state index contributed by atoms with van der Waals surface area (Å²) in [5, 5.41) is 9.77. The van der Waals surface area contributed by atoms with Crippen LogP contribution in [0, 0.1) is 7.14 Å². The molecule has 2 aromatic rings. The molecule has 2 aromatic carbocycles. The number of carbonyl (C=O) groups is 1. The van der Waals surface area contributed by atoms with Crippen LogP contribution in [0.2, 0.25) is 0 Å². The van der Waals surface area contributed by atoms with Gasteiger partial charge in [0.25, 0.3) is 0 Å². The van der Waals surface area contributed by atoms with E-state index >= 15 is 0 Å². The first kappa shape index (κ1) is 16.3. The van der Waals surface area contributed by atoms with Crippen LogP contribution in [-0.2, 0) is 11.2 Å². The molecule has 0 aromatic heterocycles. The molecular formula is C15H12I2O4. The van der Waals surface area contributed by atoms with Crippen molar-refractivity contribution in [2.45, 2.75) is 6.42 Å². The van der Waals surface area contributed by atoms with Crippen LogP contribution in [0.3, 0.4) is 0 Å². The summed E-state index contributed by atoms with van der Waals surface area (Å²) in [6.45, 7) is 0. The average molecular weight is 510 g/mol. The van der Waals surface area contributed by atoms with Gasteiger partial charge in [-0.2, -0.15) is 0 Å². The van der Waals surface area contributed by atoms with Gasteiger partial charge in [-0.3, -0.25) is 0 Å². The third-order valence-electron chi connectivity index (χ3n) is 2.75. The maximum atomic E-state index is 10.6. The molecule has 0 amide bonds. The second-order valence-electron chi connectivity index (χ2n) is 4.20. The van der Waals surface area contributed by atoms with Crippen molar-refractivity contribution < 1.29 is 19.4 Å². The largest absolute Gasteiger partial charge is 0.504 e. The van der Waals surface area contributed by atoms with Crippen LogP contribution in [0.5, 0.6) is 23.0 Å². The Bertz CT molecular complexity index is 648. The smallest absolute Gasteiger partial charge is 0.161 e. The number of aldehydes is 1. The van der Waals surface area contributed by atoms with Gasteiger partial charge in [0.2, 0.25) is 0 Å². The van der Waals surface area contributed by atoms with Crippen LogP contribution in [-0.4, -0.2) is 18.5 Å². The number of phenolic OH excluding ortho intramolecular Hbond substituents is 1. The van der Waals surface area contributed by atoms with E-state index in [2.05, 4.69) is 45.2 Å². The minimum Gasteiger partial charge on any atom is -0.504 e. The fraction of sp³-hybridized carbons (Fsp3) is 0.133. The summed E-state index contributed by atoms with van der Waals surface area (Å²) in [4.78, 5) is 10.6. The first-order chi connectivity index (χ1) is 10.0. The summed E-state index contributed by atoms with van der Waals surface area (Å²) in [6, 6.07) is 8.70. The highest BCUT2D eigenvalue weighted by atomic mass is 127. The predicted molar refractivity (Wildman–Crippen MR) is 96.4 cm³/mol. The molecule has 0 atom stereocenters. The molecule has 0 unspecified atom stereocenters. The monoisotopic (exact) mass is 510 g/mol. The Morgan fingerprint density at radius 1 is 1.19 bits per heavy atom. The molecule has 0 fully saturated rings. The van der Waals surface area contributed by atoms with Crippen molar-refractivity contribution in [2.24, 2.45) is 0 Å². The van der Waals surface area contributed by atoms with E-state index in [0.717, 1.165) is 19.0 Å². The molecule has 0 spiro atoms. The number of benzene rings is 2. The van der Waals surface area contributed by atoms with Crippen molar-refractivity contribution in [3.8, 4) is 23.0 Å². The van der Waals surface area contributed by atoms with E-state index < -0.39 is 0 Å². The Balaban J connectivity index is 2.31. The van der Waals surface area contributed by atoms with Gasteiger partial charge in [0, 0.05) is 12.5 Å². The Hall–Kier alpha value is -1.03. The molecule has 0 saturated carbocycles. The molecule has 1 N–H and O–H groups in total. The van der Waals surface area contributed by atoms with Gasteiger partial charge in [-0.15, -0.1) is 0 Å². The third kappa shape index (κ3) is 4.00. The summed E-state index contributed by atoms with van der Waals surface area (Å²) in [5.41, 5.74) is 0.948. The summed E-state index contributed by atoms with van der Waals surface area (Å²) < 4.78 is 12.7. The molecule has 0 aliphatic rings. The molecule has 4 nitrogen and oxygen atoms in total.